The number of aryl methyl sites for hydroxylation is 2. The Morgan fingerprint density at radius 2 is 2.00 bits per heavy atom. The van der Waals surface area contributed by atoms with E-state index in [4.69, 9.17) is 0 Å². The van der Waals surface area contributed by atoms with E-state index < -0.39 is 0 Å². The molecule has 0 aliphatic heterocycles. The minimum Gasteiger partial charge on any atom is -0.352 e. The van der Waals surface area contributed by atoms with Crippen LogP contribution in [-0.2, 0) is 11.3 Å². The molecule has 1 fully saturated rings. The van der Waals surface area contributed by atoms with E-state index in [1.807, 2.05) is 19.9 Å². The Morgan fingerprint density at radius 1 is 1.33 bits per heavy atom. The molecule has 1 saturated carbocycles. The average Bonchev–Trinajstić information content (AvgIpc) is 2.54. The van der Waals surface area contributed by atoms with E-state index >= 15 is 0 Å². The second-order valence-electron chi connectivity index (χ2n) is 5.34. The van der Waals surface area contributed by atoms with Crippen molar-refractivity contribution >= 4 is 5.91 Å². The molecule has 0 atom stereocenters. The monoisotopic (exact) mass is 249 g/mol. The molecule has 1 aromatic heterocycles. The van der Waals surface area contributed by atoms with Crippen LogP contribution in [0.4, 0.5) is 0 Å². The van der Waals surface area contributed by atoms with Gasteiger partial charge in [-0.3, -0.25) is 9.48 Å². The molecular formula is C14H23N3O. The molecule has 1 aliphatic carbocycles. The van der Waals surface area contributed by atoms with Gasteiger partial charge in [-0.1, -0.05) is 25.7 Å². The molecule has 100 valence electrons. The number of rotatable bonds is 3. The second kappa shape index (κ2) is 6.03. The van der Waals surface area contributed by atoms with Crippen molar-refractivity contribution in [2.24, 2.45) is 0 Å². The summed E-state index contributed by atoms with van der Waals surface area (Å²) in [5.74, 6) is 0.0908. The molecule has 0 radical (unpaired) electrons. The Kier molecular flexibility index (Phi) is 4.39. The summed E-state index contributed by atoms with van der Waals surface area (Å²) < 4.78 is 1.78. The van der Waals surface area contributed by atoms with E-state index in [-0.39, 0.29) is 5.91 Å². The third kappa shape index (κ3) is 3.59. The van der Waals surface area contributed by atoms with Crippen molar-refractivity contribution in [3.8, 4) is 0 Å². The van der Waals surface area contributed by atoms with Gasteiger partial charge in [-0.15, -0.1) is 0 Å². The maximum Gasteiger partial charge on any atom is 0.241 e. The fourth-order valence-electron chi connectivity index (χ4n) is 2.67. The SMILES string of the molecule is Cc1cc(C)n(CC(=O)NC2CCCCCC2)n1. The van der Waals surface area contributed by atoms with Crippen molar-refractivity contribution in [1.29, 1.82) is 0 Å². The van der Waals surface area contributed by atoms with E-state index in [2.05, 4.69) is 10.4 Å². The van der Waals surface area contributed by atoms with Gasteiger partial charge in [0.05, 0.1) is 5.69 Å². The Labute approximate surface area is 109 Å². The molecule has 0 unspecified atom stereocenters. The zero-order chi connectivity index (χ0) is 13.0. The number of carbonyl (C=O) groups excluding carboxylic acids is 1. The van der Waals surface area contributed by atoms with Crippen molar-refractivity contribution in [3.05, 3.63) is 17.5 Å². The lowest BCUT2D eigenvalue weighted by Gasteiger charge is -2.16. The van der Waals surface area contributed by atoms with Gasteiger partial charge in [-0.25, -0.2) is 0 Å². The number of nitrogens with zero attached hydrogens (tertiary/aromatic N) is 2. The van der Waals surface area contributed by atoms with Gasteiger partial charge in [0, 0.05) is 11.7 Å². The molecule has 18 heavy (non-hydrogen) atoms. The first kappa shape index (κ1) is 13.1. The van der Waals surface area contributed by atoms with Gasteiger partial charge < -0.3 is 5.32 Å². The quantitative estimate of drug-likeness (QED) is 0.836. The molecule has 4 nitrogen and oxygen atoms in total. The lowest BCUT2D eigenvalue weighted by molar-refractivity contribution is -0.122. The molecule has 0 spiro atoms. The number of nitrogens with one attached hydrogen (secondary N) is 1. The number of hydrogen-bond acceptors (Lipinski definition) is 2. The molecular weight excluding hydrogens is 226 g/mol. The summed E-state index contributed by atoms with van der Waals surface area (Å²) in [6.07, 6.45) is 7.36. The Morgan fingerprint density at radius 3 is 2.56 bits per heavy atom. The molecule has 2 rings (SSSR count). The highest BCUT2D eigenvalue weighted by Crippen LogP contribution is 2.17. The number of carbonyl (C=O) groups is 1. The maximum atomic E-state index is 12.0. The maximum absolute atomic E-state index is 12.0. The van der Waals surface area contributed by atoms with E-state index in [1.165, 1.54) is 25.7 Å². The van der Waals surface area contributed by atoms with Gasteiger partial charge in [0.1, 0.15) is 6.54 Å². The standard InChI is InChI=1S/C14H23N3O/c1-11-9-12(2)17(16-11)10-14(18)15-13-7-5-3-4-6-8-13/h9,13H,3-8,10H2,1-2H3,(H,15,18). The summed E-state index contributed by atoms with van der Waals surface area (Å²) in [5, 5.41) is 7.46. The summed E-state index contributed by atoms with van der Waals surface area (Å²) in [6.45, 7) is 4.28. The van der Waals surface area contributed by atoms with Gasteiger partial charge >= 0.3 is 0 Å². The largest absolute Gasteiger partial charge is 0.352 e. The summed E-state index contributed by atoms with van der Waals surface area (Å²) in [6, 6.07) is 2.37. The van der Waals surface area contributed by atoms with Crippen LogP contribution in [0.3, 0.4) is 0 Å². The highest BCUT2D eigenvalue weighted by molar-refractivity contribution is 5.76. The molecule has 1 aliphatic rings. The molecule has 1 aromatic rings. The van der Waals surface area contributed by atoms with Crippen molar-refractivity contribution in [2.75, 3.05) is 0 Å². The van der Waals surface area contributed by atoms with Crippen LogP contribution >= 0.6 is 0 Å². The minimum absolute atomic E-state index is 0.0908. The van der Waals surface area contributed by atoms with Gasteiger partial charge in [-0.05, 0) is 32.8 Å². The molecule has 1 heterocycles. The number of hydrogen-bond donors (Lipinski definition) is 1. The van der Waals surface area contributed by atoms with Gasteiger partial charge in [0.15, 0.2) is 0 Å². The van der Waals surface area contributed by atoms with E-state index in [0.29, 0.717) is 12.6 Å². The third-order valence-corrected chi connectivity index (χ3v) is 3.62. The van der Waals surface area contributed by atoms with Gasteiger partial charge in [0.2, 0.25) is 5.91 Å². The van der Waals surface area contributed by atoms with Crippen LogP contribution in [0.25, 0.3) is 0 Å². The normalized spacial score (nSPS) is 17.4. The zero-order valence-corrected chi connectivity index (χ0v) is 11.4. The summed E-state index contributed by atoms with van der Waals surface area (Å²) >= 11 is 0. The lowest BCUT2D eigenvalue weighted by atomic mass is 10.1. The number of aromatic nitrogens is 2. The minimum atomic E-state index is 0.0908. The van der Waals surface area contributed by atoms with Crippen LogP contribution in [0, 0.1) is 13.8 Å². The molecule has 4 heteroatoms. The summed E-state index contributed by atoms with van der Waals surface area (Å²) in [4.78, 5) is 12.0. The van der Waals surface area contributed by atoms with Crippen LogP contribution in [-0.4, -0.2) is 21.7 Å². The van der Waals surface area contributed by atoms with Crippen molar-refractivity contribution in [1.82, 2.24) is 15.1 Å². The van der Waals surface area contributed by atoms with Gasteiger partial charge in [-0.2, -0.15) is 5.10 Å². The Balaban J connectivity index is 1.86. The smallest absolute Gasteiger partial charge is 0.241 e. The van der Waals surface area contributed by atoms with Gasteiger partial charge in [0.25, 0.3) is 0 Å². The molecule has 1 amide bonds. The lowest BCUT2D eigenvalue weighted by Crippen LogP contribution is -2.37. The van der Waals surface area contributed by atoms with E-state index in [9.17, 15) is 4.79 Å². The second-order valence-corrected chi connectivity index (χ2v) is 5.34. The average molecular weight is 249 g/mol. The fourth-order valence-corrected chi connectivity index (χ4v) is 2.67. The molecule has 0 saturated heterocycles. The number of amides is 1. The van der Waals surface area contributed by atoms with Crippen LogP contribution in [0.15, 0.2) is 6.07 Å². The van der Waals surface area contributed by atoms with Crippen LogP contribution in [0.1, 0.15) is 49.9 Å². The van der Waals surface area contributed by atoms with Crippen molar-refractivity contribution in [2.45, 2.75) is 65.0 Å². The zero-order valence-electron chi connectivity index (χ0n) is 11.4. The topological polar surface area (TPSA) is 46.9 Å². The Bertz CT molecular complexity index is 403. The highest BCUT2D eigenvalue weighted by atomic mass is 16.2. The predicted octanol–water partition coefficient (Wildman–Crippen LogP) is 2.34. The predicted molar refractivity (Wildman–Crippen MR) is 71.3 cm³/mol. The first-order valence-electron chi connectivity index (χ1n) is 6.95. The molecule has 1 N–H and O–H groups in total. The highest BCUT2D eigenvalue weighted by Gasteiger charge is 2.15. The summed E-state index contributed by atoms with van der Waals surface area (Å²) in [5.41, 5.74) is 2.01. The Hall–Kier alpha value is -1.32. The fraction of sp³-hybridized carbons (Fsp3) is 0.714. The van der Waals surface area contributed by atoms with Crippen molar-refractivity contribution < 1.29 is 4.79 Å². The van der Waals surface area contributed by atoms with Crippen LogP contribution in [0.2, 0.25) is 0 Å². The molecule has 0 bridgehead atoms. The summed E-state index contributed by atoms with van der Waals surface area (Å²) in [7, 11) is 0. The molecule has 0 aromatic carbocycles. The van der Waals surface area contributed by atoms with Crippen molar-refractivity contribution in [3.63, 3.8) is 0 Å². The van der Waals surface area contributed by atoms with Crippen LogP contribution in [0.5, 0.6) is 0 Å². The van der Waals surface area contributed by atoms with E-state index in [0.717, 1.165) is 24.2 Å². The first-order valence-corrected chi connectivity index (χ1v) is 6.95. The van der Waals surface area contributed by atoms with Crippen LogP contribution < -0.4 is 5.32 Å². The first-order chi connectivity index (χ1) is 8.65. The third-order valence-electron chi connectivity index (χ3n) is 3.62. The van der Waals surface area contributed by atoms with E-state index in [1.54, 1.807) is 4.68 Å².